The molecule has 0 aliphatic carbocycles. The van der Waals surface area contributed by atoms with Gasteiger partial charge in [0.25, 0.3) is 0 Å². The Kier molecular flexibility index (Phi) is 1.96. The van der Waals surface area contributed by atoms with Crippen LogP contribution in [0.1, 0.15) is 13.3 Å². The summed E-state index contributed by atoms with van der Waals surface area (Å²) in [5, 5.41) is 3.16. The molecule has 1 aliphatic heterocycles. The fourth-order valence-electron chi connectivity index (χ4n) is 1.14. The summed E-state index contributed by atoms with van der Waals surface area (Å²) in [6.07, 6.45) is 1.06. The van der Waals surface area contributed by atoms with Gasteiger partial charge in [0.2, 0.25) is 0 Å². The monoisotopic (exact) mass is 144 g/mol. The quantitative estimate of drug-likeness (QED) is 0.401. The van der Waals surface area contributed by atoms with E-state index < -0.39 is 5.79 Å². The van der Waals surface area contributed by atoms with E-state index in [4.69, 9.17) is 11.5 Å². The number of nitrogens with one attached hydrogen (secondary N) is 1. The maximum absolute atomic E-state index is 5.85. The van der Waals surface area contributed by atoms with Gasteiger partial charge in [-0.1, -0.05) is 0 Å². The second-order valence-corrected chi connectivity index (χ2v) is 3.04. The van der Waals surface area contributed by atoms with E-state index in [1.54, 1.807) is 0 Å². The van der Waals surface area contributed by atoms with Crippen LogP contribution in [0.3, 0.4) is 0 Å². The van der Waals surface area contributed by atoms with Gasteiger partial charge in [0.15, 0.2) is 0 Å². The fraction of sp³-hybridized carbons (Fsp3) is 1.00. The second-order valence-electron chi connectivity index (χ2n) is 3.04. The molecule has 0 amide bonds. The van der Waals surface area contributed by atoms with Crippen LogP contribution in [-0.2, 0) is 0 Å². The molecule has 1 heterocycles. The highest BCUT2D eigenvalue weighted by molar-refractivity contribution is 4.83. The summed E-state index contributed by atoms with van der Waals surface area (Å²) in [6, 6.07) is 0. The molecule has 1 rings (SSSR count). The van der Waals surface area contributed by atoms with Crippen molar-refractivity contribution in [2.24, 2.45) is 11.5 Å². The number of hydrogen-bond acceptors (Lipinski definition) is 4. The van der Waals surface area contributed by atoms with Crippen molar-refractivity contribution in [3.63, 3.8) is 0 Å². The molecule has 1 aliphatic rings. The second kappa shape index (κ2) is 2.47. The molecule has 0 aromatic carbocycles. The van der Waals surface area contributed by atoms with Crippen LogP contribution in [0.5, 0.6) is 0 Å². The van der Waals surface area contributed by atoms with Crippen molar-refractivity contribution in [2.75, 3.05) is 13.6 Å². The summed E-state index contributed by atoms with van der Waals surface area (Å²) >= 11 is 0. The van der Waals surface area contributed by atoms with Crippen molar-refractivity contribution >= 4 is 0 Å². The average Bonchev–Trinajstić information content (AvgIpc) is 1.83. The van der Waals surface area contributed by atoms with Gasteiger partial charge < -0.3 is 11.5 Å². The van der Waals surface area contributed by atoms with Crippen molar-refractivity contribution in [3.8, 4) is 0 Å². The van der Waals surface area contributed by atoms with Crippen molar-refractivity contribution in [1.29, 1.82) is 0 Å². The van der Waals surface area contributed by atoms with Crippen LogP contribution < -0.4 is 16.8 Å². The summed E-state index contributed by atoms with van der Waals surface area (Å²) in [6.45, 7) is 2.82. The minimum atomic E-state index is -0.433. The Bertz CT molecular complexity index is 123. The third-order valence-corrected chi connectivity index (χ3v) is 2.15. The van der Waals surface area contributed by atoms with Crippen LogP contribution in [0.4, 0.5) is 0 Å². The highest BCUT2D eigenvalue weighted by Gasteiger charge is 2.31. The van der Waals surface area contributed by atoms with Crippen LogP contribution >= 0.6 is 0 Å². The molecule has 0 spiro atoms. The molecule has 0 aromatic heterocycles. The molecule has 1 saturated heterocycles. The number of nitrogens with two attached hydrogens (primary N) is 2. The Labute approximate surface area is 61.5 Å². The molecule has 10 heavy (non-hydrogen) atoms. The molecule has 4 heteroatoms. The van der Waals surface area contributed by atoms with E-state index >= 15 is 0 Å². The van der Waals surface area contributed by atoms with E-state index in [9.17, 15) is 0 Å². The van der Waals surface area contributed by atoms with Gasteiger partial charge in [-0.05, 0) is 20.4 Å². The first-order chi connectivity index (χ1) is 4.54. The summed E-state index contributed by atoms with van der Waals surface area (Å²) < 4.78 is 0. The van der Waals surface area contributed by atoms with Gasteiger partial charge in [0.05, 0.1) is 6.17 Å². The largest absolute Gasteiger partial charge is 0.316 e. The van der Waals surface area contributed by atoms with Crippen molar-refractivity contribution in [1.82, 2.24) is 10.2 Å². The maximum atomic E-state index is 5.85. The highest BCUT2D eigenvalue weighted by Crippen LogP contribution is 2.10. The molecular weight excluding hydrogens is 128 g/mol. The number of hydrogen-bond donors (Lipinski definition) is 3. The Morgan fingerprint density at radius 3 is 2.70 bits per heavy atom. The number of rotatable bonds is 0. The molecule has 1 fully saturated rings. The lowest BCUT2D eigenvalue weighted by atomic mass is 10.2. The molecular formula is C6H16N4. The predicted molar refractivity (Wildman–Crippen MR) is 41.0 cm³/mol. The van der Waals surface area contributed by atoms with E-state index in [0.29, 0.717) is 0 Å². The Morgan fingerprint density at radius 2 is 2.30 bits per heavy atom. The molecule has 0 radical (unpaired) electrons. The van der Waals surface area contributed by atoms with E-state index in [1.165, 1.54) is 0 Å². The zero-order chi connectivity index (χ0) is 7.78. The van der Waals surface area contributed by atoms with Gasteiger partial charge in [-0.2, -0.15) is 0 Å². The summed E-state index contributed by atoms with van der Waals surface area (Å²) in [5.41, 5.74) is 11.6. The maximum Gasteiger partial charge on any atom is 0.121 e. The van der Waals surface area contributed by atoms with Crippen LogP contribution in [0.15, 0.2) is 0 Å². The fourth-order valence-corrected chi connectivity index (χ4v) is 1.14. The van der Waals surface area contributed by atoms with E-state index in [-0.39, 0.29) is 6.17 Å². The van der Waals surface area contributed by atoms with Gasteiger partial charge in [-0.3, -0.25) is 10.2 Å². The zero-order valence-corrected chi connectivity index (χ0v) is 6.59. The predicted octanol–water partition coefficient (Wildman–Crippen LogP) is -1.17. The standard InChI is InChI=1S/C6H16N4/c1-6(8)9-4-3-5(7)10(6)2/h5,9H,3-4,7-8H2,1-2H3. The summed E-state index contributed by atoms with van der Waals surface area (Å²) in [5.74, 6) is -0.433. The molecule has 4 nitrogen and oxygen atoms in total. The smallest absolute Gasteiger partial charge is 0.121 e. The van der Waals surface area contributed by atoms with Crippen LogP contribution in [-0.4, -0.2) is 30.4 Å². The lowest BCUT2D eigenvalue weighted by Crippen LogP contribution is -2.70. The van der Waals surface area contributed by atoms with Crippen molar-refractivity contribution in [3.05, 3.63) is 0 Å². The van der Waals surface area contributed by atoms with Crippen LogP contribution in [0, 0.1) is 0 Å². The molecule has 0 saturated carbocycles. The van der Waals surface area contributed by atoms with Gasteiger partial charge in [-0.25, -0.2) is 0 Å². The van der Waals surface area contributed by atoms with Crippen LogP contribution in [0.2, 0.25) is 0 Å². The van der Waals surface area contributed by atoms with Gasteiger partial charge in [0.1, 0.15) is 5.79 Å². The van der Waals surface area contributed by atoms with Gasteiger partial charge in [0, 0.05) is 6.54 Å². The third kappa shape index (κ3) is 1.29. The third-order valence-electron chi connectivity index (χ3n) is 2.15. The average molecular weight is 144 g/mol. The topological polar surface area (TPSA) is 67.3 Å². The van der Waals surface area contributed by atoms with Crippen molar-refractivity contribution in [2.45, 2.75) is 25.3 Å². The molecule has 2 unspecified atom stereocenters. The summed E-state index contributed by atoms with van der Waals surface area (Å²) in [7, 11) is 1.93. The molecule has 2 atom stereocenters. The van der Waals surface area contributed by atoms with E-state index in [0.717, 1.165) is 13.0 Å². The SMILES string of the molecule is CN1C(N)CCNC1(C)N. The Balaban J connectivity index is 2.60. The van der Waals surface area contributed by atoms with Crippen LogP contribution in [0.25, 0.3) is 0 Å². The van der Waals surface area contributed by atoms with E-state index in [1.807, 2.05) is 18.9 Å². The van der Waals surface area contributed by atoms with Crippen molar-refractivity contribution < 1.29 is 0 Å². The normalized spacial score (nSPS) is 43.8. The summed E-state index contributed by atoms with van der Waals surface area (Å²) in [4.78, 5) is 1.94. The minimum absolute atomic E-state index is 0.0937. The first-order valence-corrected chi connectivity index (χ1v) is 3.56. The Hall–Kier alpha value is -0.160. The number of nitrogens with zero attached hydrogens (tertiary/aromatic N) is 1. The molecule has 0 bridgehead atoms. The highest BCUT2D eigenvalue weighted by atomic mass is 15.4. The first-order valence-electron chi connectivity index (χ1n) is 3.56. The minimum Gasteiger partial charge on any atom is -0.316 e. The van der Waals surface area contributed by atoms with E-state index in [2.05, 4.69) is 5.32 Å². The van der Waals surface area contributed by atoms with Gasteiger partial charge in [-0.15, -0.1) is 0 Å². The zero-order valence-electron chi connectivity index (χ0n) is 6.59. The lowest BCUT2D eigenvalue weighted by Gasteiger charge is -2.44. The molecule has 60 valence electrons. The lowest BCUT2D eigenvalue weighted by molar-refractivity contribution is 0.0265. The first kappa shape index (κ1) is 7.94. The molecule has 0 aromatic rings. The molecule has 5 N–H and O–H groups in total. The Morgan fingerprint density at radius 1 is 1.70 bits per heavy atom. The van der Waals surface area contributed by atoms with Gasteiger partial charge >= 0.3 is 0 Å².